The van der Waals surface area contributed by atoms with Crippen LogP contribution in [0.4, 0.5) is 5.82 Å². The number of nitrogens with one attached hydrogen (secondary N) is 1. The molecule has 2 aliphatic heterocycles. The van der Waals surface area contributed by atoms with E-state index in [-0.39, 0.29) is 30.0 Å². The molecule has 0 aliphatic carbocycles. The predicted octanol–water partition coefficient (Wildman–Crippen LogP) is 1.10. The molecule has 0 saturated carbocycles. The second kappa shape index (κ2) is 7.76. The molecule has 0 spiro atoms. The fourth-order valence-electron chi connectivity index (χ4n) is 3.60. The zero-order chi connectivity index (χ0) is 21.3. The summed E-state index contributed by atoms with van der Waals surface area (Å²) in [6.07, 6.45) is 0.422. The number of carbonyl (C=O) groups excluding carboxylic acids is 2. The zero-order valence-electron chi connectivity index (χ0n) is 15.9. The molecule has 1 unspecified atom stereocenters. The van der Waals surface area contributed by atoms with Gasteiger partial charge in [0, 0.05) is 13.1 Å². The molecule has 1 N–H and O–H groups in total. The van der Waals surface area contributed by atoms with E-state index < -0.39 is 27.8 Å². The highest BCUT2D eigenvalue weighted by Gasteiger charge is 2.34. The summed E-state index contributed by atoms with van der Waals surface area (Å²) >= 11 is 0. The molecule has 2 aromatic rings. The summed E-state index contributed by atoms with van der Waals surface area (Å²) in [6, 6.07) is 12.1. The molecule has 1 atom stereocenters. The third-order valence-electron chi connectivity index (χ3n) is 5.08. The first kappa shape index (κ1) is 19.8. The van der Waals surface area contributed by atoms with Crippen molar-refractivity contribution in [1.82, 2.24) is 9.71 Å². The number of nitrogens with zero attached hydrogens (tertiary/aromatic N) is 3. The fraction of sp³-hybridized carbons (Fsp3) is 0.300. The number of carbonyl (C=O) groups is 2. The summed E-state index contributed by atoms with van der Waals surface area (Å²) in [5.74, 6) is -1.56. The Morgan fingerprint density at radius 2 is 2.10 bits per heavy atom. The van der Waals surface area contributed by atoms with Gasteiger partial charge in [0.1, 0.15) is 18.5 Å². The van der Waals surface area contributed by atoms with Gasteiger partial charge in [-0.2, -0.15) is 5.26 Å². The average Bonchev–Trinajstić information content (AvgIpc) is 3.34. The number of esters is 1. The number of pyridine rings is 1. The van der Waals surface area contributed by atoms with E-state index in [9.17, 15) is 23.3 Å². The van der Waals surface area contributed by atoms with E-state index in [1.165, 1.54) is 6.07 Å². The van der Waals surface area contributed by atoms with Crippen LogP contribution in [0.1, 0.15) is 33.6 Å². The normalized spacial score (nSPS) is 17.9. The van der Waals surface area contributed by atoms with E-state index >= 15 is 0 Å². The van der Waals surface area contributed by atoms with Gasteiger partial charge in [-0.3, -0.25) is 9.52 Å². The monoisotopic (exact) mass is 426 g/mol. The maximum atomic E-state index is 12.5. The van der Waals surface area contributed by atoms with Crippen LogP contribution in [0.2, 0.25) is 0 Å². The maximum absolute atomic E-state index is 12.5. The average molecular weight is 426 g/mol. The lowest BCUT2D eigenvalue weighted by Gasteiger charge is -2.19. The molecule has 1 amide bonds. The highest BCUT2D eigenvalue weighted by atomic mass is 32.2. The minimum Gasteiger partial charge on any atom is -0.455 e. The van der Waals surface area contributed by atoms with Crippen molar-refractivity contribution in [2.75, 3.05) is 18.0 Å². The molecule has 3 heterocycles. The van der Waals surface area contributed by atoms with Crippen LogP contribution in [0.3, 0.4) is 0 Å². The summed E-state index contributed by atoms with van der Waals surface area (Å²) in [5, 5.41) is 9.44. The van der Waals surface area contributed by atoms with Crippen molar-refractivity contribution in [2.45, 2.75) is 18.8 Å². The van der Waals surface area contributed by atoms with Gasteiger partial charge in [-0.15, -0.1) is 0 Å². The Bertz CT molecular complexity index is 1160. The number of aromatic nitrogens is 1. The zero-order valence-corrected chi connectivity index (χ0v) is 16.7. The van der Waals surface area contributed by atoms with Crippen molar-refractivity contribution in [3.8, 4) is 6.07 Å². The predicted molar refractivity (Wildman–Crippen MR) is 106 cm³/mol. The molecule has 1 aromatic carbocycles. The number of rotatable bonds is 5. The number of amides is 1. The number of sulfonamides is 1. The van der Waals surface area contributed by atoms with E-state index in [2.05, 4.69) is 9.71 Å². The Morgan fingerprint density at radius 3 is 2.83 bits per heavy atom. The van der Waals surface area contributed by atoms with Gasteiger partial charge in [0.2, 0.25) is 15.9 Å². The minimum absolute atomic E-state index is 0.0440. The molecular weight excluding hydrogens is 408 g/mol. The van der Waals surface area contributed by atoms with Crippen LogP contribution in [0.25, 0.3) is 0 Å². The van der Waals surface area contributed by atoms with Crippen LogP contribution in [-0.2, 0) is 31.9 Å². The van der Waals surface area contributed by atoms with E-state index in [0.29, 0.717) is 30.0 Å². The van der Waals surface area contributed by atoms with Crippen molar-refractivity contribution in [3.05, 3.63) is 58.8 Å². The van der Waals surface area contributed by atoms with Gasteiger partial charge in [0.05, 0.1) is 28.5 Å². The summed E-state index contributed by atoms with van der Waals surface area (Å²) in [7, 11) is -3.82. The van der Waals surface area contributed by atoms with Gasteiger partial charge in [-0.1, -0.05) is 30.3 Å². The largest absolute Gasteiger partial charge is 0.455 e. The molecule has 30 heavy (non-hydrogen) atoms. The molecule has 1 saturated heterocycles. The molecule has 0 bridgehead atoms. The molecule has 10 heteroatoms. The van der Waals surface area contributed by atoms with Crippen LogP contribution < -0.4 is 9.62 Å². The molecule has 0 radical (unpaired) electrons. The van der Waals surface area contributed by atoms with E-state index in [1.807, 2.05) is 6.07 Å². The minimum atomic E-state index is -3.82. The van der Waals surface area contributed by atoms with E-state index in [0.717, 1.165) is 0 Å². The third kappa shape index (κ3) is 3.97. The van der Waals surface area contributed by atoms with Crippen molar-refractivity contribution in [1.29, 1.82) is 5.26 Å². The van der Waals surface area contributed by atoms with Crippen LogP contribution >= 0.6 is 0 Å². The lowest BCUT2D eigenvalue weighted by atomic mass is 10.1. The van der Waals surface area contributed by atoms with Crippen LogP contribution in [0.15, 0.2) is 36.4 Å². The Hall–Kier alpha value is -3.45. The highest BCUT2D eigenvalue weighted by molar-refractivity contribution is 7.89. The second-order valence-electron chi connectivity index (χ2n) is 7.18. The Morgan fingerprint density at radius 1 is 1.33 bits per heavy atom. The molecule has 9 nitrogen and oxygen atoms in total. The van der Waals surface area contributed by atoms with Crippen molar-refractivity contribution in [3.63, 3.8) is 0 Å². The molecule has 154 valence electrons. The van der Waals surface area contributed by atoms with Gasteiger partial charge in [0.15, 0.2) is 0 Å². The quantitative estimate of drug-likeness (QED) is 0.704. The molecular formula is C20H18N4O5S. The SMILES string of the molecule is N#Cc1cc2c(nc1N1CCC(C(=O)NS(=O)(=O)Cc3ccccc3)C1)COC2=O. The van der Waals surface area contributed by atoms with Crippen molar-refractivity contribution in [2.24, 2.45) is 5.92 Å². The van der Waals surface area contributed by atoms with E-state index in [1.54, 1.807) is 35.2 Å². The lowest BCUT2D eigenvalue weighted by molar-refractivity contribution is -0.122. The van der Waals surface area contributed by atoms with E-state index in [4.69, 9.17) is 4.74 Å². The number of benzene rings is 1. The van der Waals surface area contributed by atoms with Gasteiger partial charge in [-0.25, -0.2) is 18.2 Å². The topological polar surface area (TPSA) is 129 Å². The maximum Gasteiger partial charge on any atom is 0.340 e. The highest BCUT2D eigenvalue weighted by Crippen LogP contribution is 2.29. The van der Waals surface area contributed by atoms with Crippen LogP contribution in [0.5, 0.6) is 0 Å². The van der Waals surface area contributed by atoms with Crippen LogP contribution in [0, 0.1) is 17.2 Å². The van der Waals surface area contributed by atoms with Crippen LogP contribution in [-0.4, -0.2) is 38.4 Å². The first-order valence-corrected chi connectivity index (χ1v) is 11.0. The standard InChI is InChI=1S/C20H18N4O5S/c21-9-15-8-16-17(11-29-20(16)26)22-18(15)24-7-6-14(10-24)19(25)23-30(27,28)12-13-4-2-1-3-5-13/h1-5,8,14H,6-7,10-12H2,(H,23,25). The summed E-state index contributed by atoms with van der Waals surface area (Å²) < 4.78 is 31.8. The molecule has 2 aliphatic rings. The number of anilines is 1. The number of hydrogen-bond acceptors (Lipinski definition) is 8. The number of fused-ring (bicyclic) bond motifs is 1. The third-order valence-corrected chi connectivity index (χ3v) is 6.30. The molecule has 1 fully saturated rings. The number of nitriles is 1. The summed E-state index contributed by atoms with van der Waals surface area (Å²) in [6.45, 7) is 0.705. The summed E-state index contributed by atoms with van der Waals surface area (Å²) in [4.78, 5) is 30.4. The molecule has 1 aromatic heterocycles. The Kier molecular flexibility index (Phi) is 5.13. The Labute approximate surface area is 173 Å². The Balaban J connectivity index is 1.45. The van der Waals surface area contributed by atoms with Crippen molar-refractivity contribution >= 4 is 27.7 Å². The number of cyclic esters (lactones) is 1. The summed E-state index contributed by atoms with van der Waals surface area (Å²) in [5.41, 5.74) is 1.53. The smallest absolute Gasteiger partial charge is 0.340 e. The number of ether oxygens (including phenoxy) is 1. The molecule has 4 rings (SSSR count). The first-order valence-electron chi connectivity index (χ1n) is 9.30. The van der Waals surface area contributed by atoms with Gasteiger partial charge in [0.25, 0.3) is 0 Å². The van der Waals surface area contributed by atoms with Gasteiger partial charge < -0.3 is 9.64 Å². The van der Waals surface area contributed by atoms with Gasteiger partial charge in [-0.05, 0) is 18.1 Å². The lowest BCUT2D eigenvalue weighted by Crippen LogP contribution is -2.37. The number of hydrogen-bond donors (Lipinski definition) is 1. The van der Waals surface area contributed by atoms with Crippen molar-refractivity contribution < 1.29 is 22.7 Å². The second-order valence-corrected chi connectivity index (χ2v) is 8.91. The fourth-order valence-corrected chi connectivity index (χ4v) is 4.77. The van der Waals surface area contributed by atoms with Gasteiger partial charge >= 0.3 is 5.97 Å². The first-order chi connectivity index (χ1) is 14.4.